The van der Waals surface area contributed by atoms with E-state index in [1.54, 1.807) is 0 Å². The molecule has 0 radical (unpaired) electrons. The number of hydrogen-bond donors (Lipinski definition) is 2. The van der Waals surface area contributed by atoms with E-state index in [0.717, 1.165) is 19.3 Å². The second-order valence-electron chi connectivity index (χ2n) is 6.75. The van der Waals surface area contributed by atoms with Crippen molar-refractivity contribution in [3.05, 3.63) is 35.9 Å². The molecule has 3 heteroatoms. The number of hydrogen-bond acceptors (Lipinski definition) is 2. The summed E-state index contributed by atoms with van der Waals surface area (Å²) >= 11 is 0. The summed E-state index contributed by atoms with van der Waals surface area (Å²) in [4.78, 5) is 12.0. The van der Waals surface area contributed by atoms with Crippen molar-refractivity contribution in [2.75, 3.05) is 13.2 Å². The zero-order valence-electron chi connectivity index (χ0n) is 13.6. The predicted molar refractivity (Wildman–Crippen MR) is 89.6 cm³/mol. The quantitative estimate of drug-likeness (QED) is 0.810. The molecule has 22 heavy (non-hydrogen) atoms. The monoisotopic (exact) mass is 303 g/mol. The molecular formula is C19H29NO2. The largest absolute Gasteiger partial charge is 0.396 e. The lowest BCUT2D eigenvalue weighted by molar-refractivity contribution is -0.122. The minimum Gasteiger partial charge on any atom is -0.396 e. The summed E-state index contributed by atoms with van der Waals surface area (Å²) < 4.78 is 0. The van der Waals surface area contributed by atoms with Gasteiger partial charge in [0.15, 0.2) is 0 Å². The zero-order chi connectivity index (χ0) is 15.8. The molecule has 1 aromatic rings. The molecule has 0 spiro atoms. The smallest absolute Gasteiger partial charge is 0.220 e. The minimum absolute atomic E-state index is 0.174. The molecule has 2 rings (SSSR count). The molecule has 1 amide bonds. The van der Waals surface area contributed by atoms with Crippen molar-refractivity contribution < 1.29 is 9.90 Å². The van der Waals surface area contributed by atoms with Crippen molar-refractivity contribution in [1.29, 1.82) is 0 Å². The van der Waals surface area contributed by atoms with Crippen LogP contribution in [0.4, 0.5) is 0 Å². The van der Waals surface area contributed by atoms with E-state index in [2.05, 4.69) is 42.6 Å². The van der Waals surface area contributed by atoms with Gasteiger partial charge in [-0.25, -0.2) is 0 Å². The highest BCUT2D eigenvalue weighted by Crippen LogP contribution is 2.36. The number of aliphatic hydroxyl groups is 1. The van der Waals surface area contributed by atoms with Gasteiger partial charge in [0.25, 0.3) is 0 Å². The molecule has 1 fully saturated rings. The second kappa shape index (κ2) is 8.94. The van der Waals surface area contributed by atoms with Gasteiger partial charge in [0.05, 0.1) is 0 Å². The molecule has 1 unspecified atom stereocenters. The Labute approximate surface area is 134 Å². The van der Waals surface area contributed by atoms with Gasteiger partial charge in [-0.05, 0) is 55.4 Å². The van der Waals surface area contributed by atoms with Gasteiger partial charge < -0.3 is 10.4 Å². The highest BCUT2D eigenvalue weighted by Gasteiger charge is 2.23. The SMILES string of the molecule is CC(CCO)CNC(=O)CC1CCC(c2ccccc2)CC1. The molecule has 0 heterocycles. The number of amides is 1. The summed E-state index contributed by atoms with van der Waals surface area (Å²) in [6, 6.07) is 10.7. The first kappa shape index (κ1) is 17.0. The van der Waals surface area contributed by atoms with E-state index in [9.17, 15) is 4.79 Å². The zero-order valence-corrected chi connectivity index (χ0v) is 13.6. The maximum atomic E-state index is 12.0. The standard InChI is InChI=1S/C19H29NO2/c1-15(11-12-21)14-20-19(22)13-16-7-9-18(10-8-16)17-5-3-2-4-6-17/h2-6,15-16,18,21H,7-14H2,1H3,(H,20,22). The average Bonchev–Trinajstić information content (AvgIpc) is 2.55. The van der Waals surface area contributed by atoms with Crippen LogP contribution in [0.5, 0.6) is 0 Å². The Morgan fingerprint density at radius 2 is 1.91 bits per heavy atom. The van der Waals surface area contributed by atoms with Gasteiger partial charge in [-0.2, -0.15) is 0 Å². The van der Waals surface area contributed by atoms with E-state index in [0.29, 0.717) is 30.7 Å². The van der Waals surface area contributed by atoms with Crippen LogP contribution in [0.15, 0.2) is 30.3 Å². The van der Waals surface area contributed by atoms with E-state index >= 15 is 0 Å². The van der Waals surface area contributed by atoms with E-state index in [-0.39, 0.29) is 12.5 Å². The van der Waals surface area contributed by atoms with E-state index in [1.807, 2.05) is 0 Å². The molecule has 0 aliphatic heterocycles. The van der Waals surface area contributed by atoms with Crippen molar-refractivity contribution >= 4 is 5.91 Å². The molecule has 2 N–H and O–H groups in total. The lowest BCUT2D eigenvalue weighted by atomic mass is 9.77. The number of carbonyl (C=O) groups is 1. The average molecular weight is 303 g/mol. The normalized spacial score (nSPS) is 23.0. The Hall–Kier alpha value is -1.35. The van der Waals surface area contributed by atoms with Gasteiger partial charge in [-0.15, -0.1) is 0 Å². The van der Waals surface area contributed by atoms with Crippen LogP contribution in [0.2, 0.25) is 0 Å². The van der Waals surface area contributed by atoms with Crippen LogP contribution in [0.3, 0.4) is 0 Å². The van der Waals surface area contributed by atoms with Crippen LogP contribution in [0.1, 0.15) is 56.9 Å². The van der Waals surface area contributed by atoms with Gasteiger partial charge in [-0.3, -0.25) is 4.79 Å². The van der Waals surface area contributed by atoms with Crippen molar-refractivity contribution in [2.45, 2.75) is 51.4 Å². The minimum atomic E-state index is 0.174. The number of nitrogens with one attached hydrogen (secondary N) is 1. The topological polar surface area (TPSA) is 49.3 Å². The lowest BCUT2D eigenvalue weighted by Crippen LogP contribution is -2.30. The first-order valence-corrected chi connectivity index (χ1v) is 8.61. The fourth-order valence-electron chi connectivity index (χ4n) is 3.37. The van der Waals surface area contributed by atoms with Crippen LogP contribution in [-0.2, 0) is 4.79 Å². The first-order chi connectivity index (χ1) is 10.7. The third-order valence-corrected chi connectivity index (χ3v) is 4.86. The summed E-state index contributed by atoms with van der Waals surface area (Å²) in [5, 5.41) is 11.9. The number of rotatable bonds is 7. The van der Waals surface area contributed by atoms with Crippen molar-refractivity contribution in [1.82, 2.24) is 5.32 Å². The maximum Gasteiger partial charge on any atom is 0.220 e. The number of aliphatic hydroxyl groups excluding tert-OH is 1. The molecule has 1 aliphatic carbocycles. The molecule has 1 saturated carbocycles. The van der Waals surface area contributed by atoms with Crippen LogP contribution < -0.4 is 5.32 Å². The second-order valence-corrected chi connectivity index (χ2v) is 6.75. The molecule has 122 valence electrons. The molecule has 3 nitrogen and oxygen atoms in total. The third kappa shape index (κ3) is 5.45. The van der Waals surface area contributed by atoms with E-state index < -0.39 is 0 Å². The van der Waals surface area contributed by atoms with Crippen molar-refractivity contribution in [2.24, 2.45) is 11.8 Å². The lowest BCUT2D eigenvalue weighted by Gasteiger charge is -2.28. The third-order valence-electron chi connectivity index (χ3n) is 4.86. The Bertz CT molecular complexity index is 438. The summed E-state index contributed by atoms with van der Waals surface area (Å²) in [6.07, 6.45) is 6.11. The fourth-order valence-corrected chi connectivity index (χ4v) is 3.37. The highest BCUT2D eigenvalue weighted by atomic mass is 16.3. The molecule has 0 saturated heterocycles. The Balaban J connectivity index is 1.68. The van der Waals surface area contributed by atoms with Gasteiger partial charge >= 0.3 is 0 Å². The molecule has 0 bridgehead atoms. The summed E-state index contributed by atoms with van der Waals surface area (Å²) in [5.74, 6) is 1.73. The summed E-state index contributed by atoms with van der Waals surface area (Å²) in [5.41, 5.74) is 1.45. The van der Waals surface area contributed by atoms with Crippen LogP contribution in [0.25, 0.3) is 0 Å². The number of carbonyl (C=O) groups excluding carboxylic acids is 1. The van der Waals surface area contributed by atoms with E-state index in [1.165, 1.54) is 18.4 Å². The van der Waals surface area contributed by atoms with E-state index in [4.69, 9.17) is 5.11 Å². The highest BCUT2D eigenvalue weighted by molar-refractivity contribution is 5.76. The molecule has 1 atom stereocenters. The Morgan fingerprint density at radius 3 is 2.55 bits per heavy atom. The number of benzene rings is 1. The molecule has 1 aromatic carbocycles. The molecule has 1 aliphatic rings. The fraction of sp³-hybridized carbons (Fsp3) is 0.632. The van der Waals surface area contributed by atoms with Crippen molar-refractivity contribution in [3.8, 4) is 0 Å². The van der Waals surface area contributed by atoms with Gasteiger partial charge in [0.1, 0.15) is 0 Å². The van der Waals surface area contributed by atoms with Crippen LogP contribution >= 0.6 is 0 Å². The van der Waals surface area contributed by atoms with Gasteiger partial charge in [-0.1, -0.05) is 37.3 Å². The maximum absolute atomic E-state index is 12.0. The Morgan fingerprint density at radius 1 is 1.23 bits per heavy atom. The van der Waals surface area contributed by atoms with Gasteiger partial charge in [0.2, 0.25) is 5.91 Å². The van der Waals surface area contributed by atoms with Gasteiger partial charge in [0, 0.05) is 19.6 Å². The van der Waals surface area contributed by atoms with Crippen molar-refractivity contribution in [3.63, 3.8) is 0 Å². The summed E-state index contributed by atoms with van der Waals surface area (Å²) in [6.45, 7) is 2.93. The molecular weight excluding hydrogens is 274 g/mol. The first-order valence-electron chi connectivity index (χ1n) is 8.61. The predicted octanol–water partition coefficient (Wildman–Crippen LogP) is 3.49. The van der Waals surface area contributed by atoms with Crippen LogP contribution in [0, 0.1) is 11.8 Å². The molecule has 0 aromatic heterocycles. The Kier molecular flexibility index (Phi) is 6.91. The summed E-state index contributed by atoms with van der Waals surface area (Å²) in [7, 11) is 0. The van der Waals surface area contributed by atoms with Crippen LogP contribution in [-0.4, -0.2) is 24.2 Å².